The first-order valence-electron chi connectivity index (χ1n) is 10.5. The average molecular weight is 397 g/mol. The SMILES string of the molecule is Cc1ccc(-n2c(C)cc([C@@H]3Nc4ccc(C)cc4-c4cc(C)nn43)c2C)c(C)c1. The highest BCUT2D eigenvalue weighted by Gasteiger charge is 2.29. The average Bonchev–Trinajstić information content (AvgIpc) is 3.22. The van der Waals surface area contributed by atoms with Gasteiger partial charge in [0.2, 0.25) is 0 Å². The predicted molar refractivity (Wildman–Crippen MR) is 124 cm³/mol. The van der Waals surface area contributed by atoms with E-state index in [1.807, 2.05) is 0 Å². The fraction of sp³-hybridized carbons (Fsp3) is 0.269. The van der Waals surface area contributed by atoms with Crippen molar-refractivity contribution in [3.05, 3.63) is 87.9 Å². The van der Waals surface area contributed by atoms with E-state index in [1.165, 1.54) is 50.6 Å². The van der Waals surface area contributed by atoms with Gasteiger partial charge in [-0.3, -0.25) is 0 Å². The Morgan fingerprint density at radius 3 is 2.33 bits per heavy atom. The molecule has 4 nitrogen and oxygen atoms in total. The molecule has 0 fully saturated rings. The Labute approximate surface area is 178 Å². The number of fused-ring (bicyclic) bond motifs is 3. The van der Waals surface area contributed by atoms with Crippen LogP contribution >= 0.6 is 0 Å². The Bertz CT molecular complexity index is 1290. The first-order chi connectivity index (χ1) is 14.3. The van der Waals surface area contributed by atoms with E-state index < -0.39 is 0 Å². The van der Waals surface area contributed by atoms with Crippen molar-refractivity contribution in [2.75, 3.05) is 5.32 Å². The van der Waals surface area contributed by atoms with Crippen molar-refractivity contribution in [2.45, 2.75) is 47.7 Å². The molecule has 1 N–H and O–H groups in total. The maximum Gasteiger partial charge on any atom is 0.149 e. The molecule has 0 spiro atoms. The zero-order chi connectivity index (χ0) is 21.2. The van der Waals surface area contributed by atoms with E-state index in [-0.39, 0.29) is 6.17 Å². The molecular weight excluding hydrogens is 368 g/mol. The van der Waals surface area contributed by atoms with Crippen LogP contribution in [0.25, 0.3) is 16.9 Å². The lowest BCUT2D eigenvalue weighted by atomic mass is 10.0. The number of benzene rings is 2. The third-order valence-electron chi connectivity index (χ3n) is 6.20. The number of nitrogens with one attached hydrogen (secondary N) is 1. The highest BCUT2D eigenvalue weighted by molar-refractivity contribution is 5.79. The second-order valence-electron chi connectivity index (χ2n) is 8.66. The van der Waals surface area contributed by atoms with Crippen LogP contribution in [-0.4, -0.2) is 14.3 Å². The maximum absolute atomic E-state index is 4.86. The van der Waals surface area contributed by atoms with Crippen molar-refractivity contribution in [2.24, 2.45) is 0 Å². The molecule has 0 saturated carbocycles. The summed E-state index contributed by atoms with van der Waals surface area (Å²) in [6.07, 6.45) is -0.0328. The van der Waals surface area contributed by atoms with E-state index in [1.54, 1.807) is 0 Å². The molecule has 0 bridgehead atoms. The molecular formula is C26H28N4. The Hall–Kier alpha value is -3.27. The van der Waals surface area contributed by atoms with E-state index in [2.05, 4.69) is 105 Å². The molecule has 0 saturated heterocycles. The molecule has 152 valence electrons. The smallest absolute Gasteiger partial charge is 0.149 e. The third-order valence-corrected chi connectivity index (χ3v) is 6.20. The van der Waals surface area contributed by atoms with Gasteiger partial charge in [0, 0.05) is 33.9 Å². The van der Waals surface area contributed by atoms with Gasteiger partial charge < -0.3 is 9.88 Å². The van der Waals surface area contributed by atoms with E-state index in [9.17, 15) is 0 Å². The third kappa shape index (κ3) is 2.78. The van der Waals surface area contributed by atoms with Crippen LogP contribution in [0.5, 0.6) is 0 Å². The van der Waals surface area contributed by atoms with E-state index in [0.717, 1.165) is 11.4 Å². The molecule has 1 aliphatic heterocycles. The van der Waals surface area contributed by atoms with Crippen molar-refractivity contribution in [1.29, 1.82) is 0 Å². The predicted octanol–water partition coefficient (Wildman–Crippen LogP) is 6.16. The van der Waals surface area contributed by atoms with E-state index in [4.69, 9.17) is 5.10 Å². The minimum Gasteiger partial charge on any atom is -0.359 e. The molecule has 0 unspecified atom stereocenters. The Morgan fingerprint density at radius 2 is 1.57 bits per heavy atom. The number of aryl methyl sites for hydroxylation is 5. The topological polar surface area (TPSA) is 34.8 Å². The summed E-state index contributed by atoms with van der Waals surface area (Å²) in [5, 5.41) is 8.62. The monoisotopic (exact) mass is 396 g/mol. The van der Waals surface area contributed by atoms with Crippen molar-refractivity contribution in [3.63, 3.8) is 0 Å². The molecule has 2 aromatic heterocycles. The molecule has 5 rings (SSSR count). The summed E-state index contributed by atoms with van der Waals surface area (Å²) in [5.74, 6) is 0. The number of hydrogen-bond donors (Lipinski definition) is 1. The quantitative estimate of drug-likeness (QED) is 0.440. The summed E-state index contributed by atoms with van der Waals surface area (Å²) in [6.45, 7) is 12.9. The Kier molecular flexibility index (Phi) is 4.14. The molecule has 0 radical (unpaired) electrons. The summed E-state index contributed by atoms with van der Waals surface area (Å²) in [6, 6.07) is 17.7. The van der Waals surface area contributed by atoms with Gasteiger partial charge in [-0.25, -0.2) is 4.68 Å². The lowest BCUT2D eigenvalue weighted by Gasteiger charge is -2.29. The van der Waals surface area contributed by atoms with Crippen LogP contribution in [-0.2, 0) is 0 Å². The maximum atomic E-state index is 4.86. The van der Waals surface area contributed by atoms with Gasteiger partial charge in [0.25, 0.3) is 0 Å². The summed E-state index contributed by atoms with van der Waals surface area (Å²) in [5.41, 5.74) is 13.4. The molecule has 2 aromatic carbocycles. The number of nitrogens with zero attached hydrogens (tertiary/aromatic N) is 3. The molecule has 3 heterocycles. The van der Waals surface area contributed by atoms with Gasteiger partial charge in [-0.05, 0) is 77.4 Å². The molecule has 1 aliphatic rings. The first-order valence-corrected chi connectivity index (χ1v) is 10.5. The minimum absolute atomic E-state index is 0.0328. The fourth-order valence-electron chi connectivity index (χ4n) is 4.82. The van der Waals surface area contributed by atoms with Crippen molar-refractivity contribution in [1.82, 2.24) is 14.3 Å². The van der Waals surface area contributed by atoms with Gasteiger partial charge >= 0.3 is 0 Å². The van der Waals surface area contributed by atoms with E-state index >= 15 is 0 Å². The number of hydrogen-bond acceptors (Lipinski definition) is 2. The van der Waals surface area contributed by atoms with Crippen LogP contribution in [0.15, 0.2) is 48.5 Å². The molecule has 4 heteroatoms. The van der Waals surface area contributed by atoms with Crippen LogP contribution in [0.2, 0.25) is 0 Å². The van der Waals surface area contributed by atoms with Crippen LogP contribution in [0, 0.1) is 41.5 Å². The molecule has 4 aromatic rings. The van der Waals surface area contributed by atoms with Crippen molar-refractivity contribution >= 4 is 5.69 Å². The number of aromatic nitrogens is 3. The fourth-order valence-corrected chi connectivity index (χ4v) is 4.82. The molecule has 0 aliphatic carbocycles. The van der Waals surface area contributed by atoms with Gasteiger partial charge in [0.05, 0.1) is 11.4 Å². The highest BCUT2D eigenvalue weighted by Crippen LogP contribution is 2.40. The first kappa shape index (κ1) is 18.7. The Morgan fingerprint density at radius 1 is 0.833 bits per heavy atom. The zero-order valence-corrected chi connectivity index (χ0v) is 18.5. The van der Waals surface area contributed by atoms with Crippen molar-refractivity contribution in [3.8, 4) is 16.9 Å². The van der Waals surface area contributed by atoms with Crippen LogP contribution in [0.4, 0.5) is 5.69 Å². The lowest BCUT2D eigenvalue weighted by molar-refractivity contribution is 0.568. The standard InChI is InChI=1S/C26H28N4/c1-15-8-10-24(17(3)11-15)29-19(5)14-21(20(29)6)26-27-23-9-7-16(2)12-22(23)25-13-18(4)28-30(25)26/h7-14,26-27H,1-6H3/t26-/m1/s1. The van der Waals surface area contributed by atoms with Crippen LogP contribution in [0.1, 0.15) is 45.5 Å². The molecule has 1 atom stereocenters. The largest absolute Gasteiger partial charge is 0.359 e. The van der Waals surface area contributed by atoms with Gasteiger partial charge in [-0.15, -0.1) is 0 Å². The van der Waals surface area contributed by atoms with Gasteiger partial charge in [-0.2, -0.15) is 5.10 Å². The normalized spacial score (nSPS) is 14.9. The second kappa shape index (κ2) is 6.63. The summed E-state index contributed by atoms with van der Waals surface area (Å²) in [7, 11) is 0. The molecule has 0 amide bonds. The number of rotatable bonds is 2. The van der Waals surface area contributed by atoms with Gasteiger partial charge in [0.15, 0.2) is 0 Å². The van der Waals surface area contributed by atoms with Crippen molar-refractivity contribution < 1.29 is 0 Å². The zero-order valence-electron chi connectivity index (χ0n) is 18.5. The summed E-state index contributed by atoms with van der Waals surface area (Å²) < 4.78 is 4.51. The van der Waals surface area contributed by atoms with Gasteiger partial charge in [0.1, 0.15) is 6.17 Å². The van der Waals surface area contributed by atoms with Gasteiger partial charge in [-0.1, -0.05) is 29.3 Å². The lowest BCUT2D eigenvalue weighted by Crippen LogP contribution is -2.26. The minimum atomic E-state index is -0.0328. The second-order valence-corrected chi connectivity index (χ2v) is 8.66. The van der Waals surface area contributed by atoms with E-state index in [0.29, 0.717) is 0 Å². The summed E-state index contributed by atoms with van der Waals surface area (Å²) >= 11 is 0. The van der Waals surface area contributed by atoms with Crippen LogP contribution in [0.3, 0.4) is 0 Å². The highest BCUT2D eigenvalue weighted by atomic mass is 15.4. The van der Waals surface area contributed by atoms with Crippen LogP contribution < -0.4 is 5.32 Å². The summed E-state index contributed by atoms with van der Waals surface area (Å²) in [4.78, 5) is 0. The Balaban J connectivity index is 1.68. The molecule has 30 heavy (non-hydrogen) atoms. The number of anilines is 1.